The van der Waals surface area contributed by atoms with E-state index in [0.717, 1.165) is 28.0 Å². The highest BCUT2D eigenvalue weighted by molar-refractivity contribution is 6.06. The third kappa shape index (κ3) is 2.70. The number of benzene rings is 1. The zero-order valence-electron chi connectivity index (χ0n) is 13.0. The highest BCUT2D eigenvalue weighted by atomic mass is 16.1. The van der Waals surface area contributed by atoms with Crippen molar-refractivity contribution in [2.45, 2.75) is 32.2 Å². The molecule has 1 aliphatic carbocycles. The number of para-hydroxylation sites is 1. The summed E-state index contributed by atoms with van der Waals surface area (Å²) in [6.45, 7) is 2.37. The minimum atomic E-state index is -0.0760. The van der Waals surface area contributed by atoms with Gasteiger partial charge >= 0.3 is 0 Å². The Hall–Kier alpha value is -2.69. The highest BCUT2D eigenvalue weighted by Gasteiger charge is 2.26. The maximum absolute atomic E-state index is 12.7. The minimum absolute atomic E-state index is 0.0760. The Morgan fingerprint density at radius 3 is 2.91 bits per heavy atom. The number of imidazole rings is 1. The number of rotatable bonds is 4. The van der Waals surface area contributed by atoms with Crippen molar-refractivity contribution in [3.63, 3.8) is 0 Å². The highest BCUT2D eigenvalue weighted by Crippen LogP contribution is 2.40. The largest absolute Gasteiger partial charge is 0.348 e. The Morgan fingerprint density at radius 1 is 1.35 bits per heavy atom. The number of aromatic amines is 1. The second kappa shape index (κ2) is 5.50. The molecule has 1 fully saturated rings. The van der Waals surface area contributed by atoms with Gasteiger partial charge in [-0.05, 0) is 31.9 Å². The van der Waals surface area contributed by atoms with Gasteiger partial charge in [-0.2, -0.15) is 0 Å². The van der Waals surface area contributed by atoms with Crippen molar-refractivity contribution in [3.8, 4) is 0 Å². The molecule has 5 heteroatoms. The zero-order chi connectivity index (χ0) is 15.8. The van der Waals surface area contributed by atoms with Crippen molar-refractivity contribution in [3.05, 3.63) is 59.3 Å². The predicted molar refractivity (Wildman–Crippen MR) is 88.2 cm³/mol. The summed E-state index contributed by atoms with van der Waals surface area (Å²) in [5.74, 6) is 0.438. The molecule has 2 heterocycles. The van der Waals surface area contributed by atoms with Crippen LogP contribution in [-0.2, 0) is 6.54 Å². The van der Waals surface area contributed by atoms with Crippen LogP contribution in [0.15, 0.2) is 36.7 Å². The van der Waals surface area contributed by atoms with Crippen LogP contribution in [0.2, 0.25) is 0 Å². The van der Waals surface area contributed by atoms with E-state index in [2.05, 4.69) is 15.3 Å². The number of aromatic nitrogens is 3. The quantitative estimate of drug-likeness (QED) is 0.778. The van der Waals surface area contributed by atoms with Crippen molar-refractivity contribution < 1.29 is 4.79 Å². The molecule has 1 aromatic carbocycles. The lowest BCUT2D eigenvalue weighted by atomic mass is 10.1. The number of nitrogens with zero attached hydrogens (tertiary/aromatic N) is 2. The molecule has 2 N–H and O–H groups in total. The van der Waals surface area contributed by atoms with Gasteiger partial charge in [-0.15, -0.1) is 0 Å². The second-order valence-corrected chi connectivity index (χ2v) is 6.04. The molecule has 0 saturated heterocycles. The Morgan fingerprint density at radius 2 is 2.17 bits per heavy atom. The summed E-state index contributed by atoms with van der Waals surface area (Å²) < 4.78 is 0. The first-order valence-electron chi connectivity index (χ1n) is 7.89. The normalized spacial score (nSPS) is 14.1. The third-order valence-electron chi connectivity index (χ3n) is 4.33. The molecule has 1 saturated carbocycles. The van der Waals surface area contributed by atoms with Crippen LogP contribution in [0, 0.1) is 6.92 Å². The van der Waals surface area contributed by atoms with Crippen LogP contribution in [0.5, 0.6) is 0 Å². The number of hydrogen-bond acceptors (Lipinski definition) is 3. The molecule has 0 radical (unpaired) electrons. The third-order valence-corrected chi connectivity index (χ3v) is 4.33. The number of hydrogen-bond donors (Lipinski definition) is 2. The molecule has 0 spiro atoms. The van der Waals surface area contributed by atoms with Crippen molar-refractivity contribution in [2.24, 2.45) is 0 Å². The summed E-state index contributed by atoms with van der Waals surface area (Å²) in [7, 11) is 0. The number of fused-ring (bicyclic) bond motifs is 1. The fraction of sp³-hybridized carbons (Fsp3) is 0.278. The number of pyridine rings is 1. The summed E-state index contributed by atoms with van der Waals surface area (Å²) in [6.07, 6.45) is 3.97. The van der Waals surface area contributed by atoms with Gasteiger partial charge in [0.05, 0.1) is 29.6 Å². The average Bonchev–Trinajstić information content (AvgIpc) is 3.34. The lowest BCUT2D eigenvalue weighted by Crippen LogP contribution is -2.24. The molecular weight excluding hydrogens is 288 g/mol. The molecule has 3 aromatic rings. The average molecular weight is 306 g/mol. The molecule has 116 valence electrons. The molecule has 0 bridgehead atoms. The monoisotopic (exact) mass is 306 g/mol. The number of H-pyrrole nitrogens is 1. The Labute approximate surface area is 134 Å². The van der Waals surface area contributed by atoms with E-state index in [4.69, 9.17) is 4.98 Å². The standard InChI is InChI=1S/C18H18N4O/c1-11-17(21-10-20-11)9-19-18(23)14-8-16(12-6-7-12)22-15-5-3-2-4-13(14)15/h2-5,8,10,12H,6-7,9H2,1H3,(H,19,23)(H,20,21). The van der Waals surface area contributed by atoms with E-state index in [1.807, 2.05) is 37.3 Å². The van der Waals surface area contributed by atoms with Gasteiger partial charge < -0.3 is 10.3 Å². The van der Waals surface area contributed by atoms with Gasteiger partial charge in [-0.25, -0.2) is 4.98 Å². The SMILES string of the molecule is Cc1[nH]cnc1CNC(=O)c1cc(C2CC2)nc2ccccc12. The second-order valence-electron chi connectivity index (χ2n) is 6.04. The number of carbonyl (C=O) groups excluding carboxylic acids is 1. The zero-order valence-corrected chi connectivity index (χ0v) is 13.0. The van der Waals surface area contributed by atoms with Crippen LogP contribution in [-0.4, -0.2) is 20.9 Å². The topological polar surface area (TPSA) is 70.7 Å². The van der Waals surface area contributed by atoms with Crippen molar-refractivity contribution >= 4 is 16.8 Å². The number of aryl methyl sites for hydroxylation is 1. The molecule has 1 amide bonds. The van der Waals surface area contributed by atoms with Gasteiger partial charge in [0.15, 0.2) is 0 Å². The van der Waals surface area contributed by atoms with Crippen LogP contribution < -0.4 is 5.32 Å². The molecule has 0 aliphatic heterocycles. The molecular formula is C18H18N4O. The van der Waals surface area contributed by atoms with E-state index in [0.29, 0.717) is 18.0 Å². The van der Waals surface area contributed by atoms with Gasteiger partial charge in [0.25, 0.3) is 5.91 Å². The fourth-order valence-electron chi connectivity index (χ4n) is 2.80. The summed E-state index contributed by atoms with van der Waals surface area (Å²) in [6, 6.07) is 9.77. The molecule has 4 rings (SSSR count). The van der Waals surface area contributed by atoms with E-state index >= 15 is 0 Å². The van der Waals surface area contributed by atoms with Gasteiger partial charge in [-0.1, -0.05) is 18.2 Å². The predicted octanol–water partition coefficient (Wildman–Crippen LogP) is 3.07. The maximum Gasteiger partial charge on any atom is 0.252 e. The maximum atomic E-state index is 12.7. The lowest BCUT2D eigenvalue weighted by Gasteiger charge is -2.10. The number of amides is 1. The molecule has 5 nitrogen and oxygen atoms in total. The molecule has 0 atom stereocenters. The van der Waals surface area contributed by atoms with E-state index < -0.39 is 0 Å². The van der Waals surface area contributed by atoms with Gasteiger partial charge in [0.2, 0.25) is 0 Å². The Bertz CT molecular complexity index is 880. The molecule has 23 heavy (non-hydrogen) atoms. The first-order chi connectivity index (χ1) is 11.2. The van der Waals surface area contributed by atoms with E-state index in [-0.39, 0.29) is 5.91 Å². The summed E-state index contributed by atoms with van der Waals surface area (Å²) in [5, 5.41) is 3.87. The van der Waals surface area contributed by atoms with Crippen LogP contribution in [0.4, 0.5) is 0 Å². The van der Waals surface area contributed by atoms with Crippen LogP contribution in [0.25, 0.3) is 10.9 Å². The summed E-state index contributed by atoms with van der Waals surface area (Å²) >= 11 is 0. The van der Waals surface area contributed by atoms with E-state index in [1.165, 1.54) is 12.8 Å². The molecule has 1 aliphatic rings. The van der Waals surface area contributed by atoms with Crippen molar-refractivity contribution in [1.82, 2.24) is 20.3 Å². The number of carbonyl (C=O) groups is 1. The van der Waals surface area contributed by atoms with Crippen molar-refractivity contribution in [2.75, 3.05) is 0 Å². The first kappa shape index (κ1) is 13.9. The van der Waals surface area contributed by atoms with Crippen LogP contribution in [0.3, 0.4) is 0 Å². The fourth-order valence-corrected chi connectivity index (χ4v) is 2.80. The summed E-state index contributed by atoms with van der Waals surface area (Å²) in [4.78, 5) is 24.6. The first-order valence-corrected chi connectivity index (χ1v) is 7.89. The molecule has 2 aromatic heterocycles. The van der Waals surface area contributed by atoms with Gasteiger partial charge in [-0.3, -0.25) is 9.78 Å². The summed E-state index contributed by atoms with van der Waals surface area (Å²) in [5.41, 5.74) is 4.45. The van der Waals surface area contributed by atoms with Gasteiger partial charge in [0.1, 0.15) is 0 Å². The lowest BCUT2D eigenvalue weighted by molar-refractivity contribution is 0.0952. The van der Waals surface area contributed by atoms with Crippen LogP contribution >= 0.6 is 0 Å². The van der Waals surface area contributed by atoms with E-state index in [1.54, 1.807) is 6.33 Å². The minimum Gasteiger partial charge on any atom is -0.348 e. The van der Waals surface area contributed by atoms with E-state index in [9.17, 15) is 4.79 Å². The smallest absolute Gasteiger partial charge is 0.252 e. The van der Waals surface area contributed by atoms with Crippen molar-refractivity contribution in [1.29, 1.82) is 0 Å². The number of nitrogens with one attached hydrogen (secondary N) is 2. The van der Waals surface area contributed by atoms with Crippen LogP contribution in [0.1, 0.15) is 46.2 Å². The molecule has 0 unspecified atom stereocenters. The Kier molecular flexibility index (Phi) is 3.33. The van der Waals surface area contributed by atoms with Gasteiger partial charge in [0, 0.05) is 22.7 Å². The Balaban J connectivity index is 1.66.